The van der Waals surface area contributed by atoms with Crippen LogP contribution in [0.2, 0.25) is 0 Å². The molecule has 1 N–H and O–H groups in total. The highest BCUT2D eigenvalue weighted by atomic mass is 32.1. The molecule has 1 aromatic carbocycles. The van der Waals surface area contributed by atoms with Gasteiger partial charge in [0, 0.05) is 9.75 Å². The third kappa shape index (κ3) is 2.40. The van der Waals surface area contributed by atoms with E-state index in [0.717, 1.165) is 34.4 Å². The van der Waals surface area contributed by atoms with Gasteiger partial charge >= 0.3 is 0 Å². The Labute approximate surface area is 123 Å². The Morgan fingerprint density at radius 2 is 1.75 bits per heavy atom. The molecule has 0 saturated carbocycles. The minimum Gasteiger partial charge on any atom is -0.383 e. The van der Waals surface area contributed by atoms with Gasteiger partial charge in [0.15, 0.2) is 0 Å². The lowest BCUT2D eigenvalue weighted by molar-refractivity contribution is 0.222. The van der Waals surface area contributed by atoms with Gasteiger partial charge in [0.1, 0.15) is 11.9 Å². The van der Waals surface area contributed by atoms with Crippen molar-refractivity contribution in [2.75, 3.05) is 0 Å². The second-order valence-corrected chi connectivity index (χ2v) is 6.83. The summed E-state index contributed by atoms with van der Waals surface area (Å²) < 4.78 is 13.4. The first-order valence-corrected chi connectivity index (χ1v) is 7.94. The average molecular weight is 290 g/mol. The Morgan fingerprint density at radius 3 is 2.40 bits per heavy atom. The lowest BCUT2D eigenvalue weighted by Crippen LogP contribution is -2.03. The van der Waals surface area contributed by atoms with Crippen molar-refractivity contribution in [2.45, 2.75) is 45.6 Å². The van der Waals surface area contributed by atoms with E-state index < -0.39 is 6.10 Å². The number of halogens is 1. The zero-order valence-electron chi connectivity index (χ0n) is 11.9. The topological polar surface area (TPSA) is 20.2 Å². The largest absolute Gasteiger partial charge is 0.383 e. The van der Waals surface area contributed by atoms with Crippen molar-refractivity contribution in [2.24, 2.45) is 0 Å². The van der Waals surface area contributed by atoms with E-state index in [1.165, 1.54) is 35.4 Å². The first kappa shape index (κ1) is 13.8. The number of aliphatic hydroxyl groups is 1. The lowest BCUT2D eigenvalue weighted by atomic mass is 9.95. The molecule has 1 heterocycles. The quantitative estimate of drug-likeness (QED) is 0.865. The van der Waals surface area contributed by atoms with Crippen LogP contribution in [-0.2, 0) is 12.8 Å². The summed E-state index contributed by atoms with van der Waals surface area (Å²) >= 11 is 1.72. The highest BCUT2D eigenvalue weighted by Gasteiger charge is 2.21. The molecule has 1 unspecified atom stereocenters. The van der Waals surface area contributed by atoms with E-state index in [1.807, 2.05) is 13.8 Å². The summed E-state index contributed by atoms with van der Waals surface area (Å²) in [6, 6.07) is 5.14. The van der Waals surface area contributed by atoms with Crippen molar-refractivity contribution < 1.29 is 9.50 Å². The van der Waals surface area contributed by atoms with Crippen molar-refractivity contribution in [1.82, 2.24) is 0 Å². The summed E-state index contributed by atoms with van der Waals surface area (Å²) in [6.45, 7) is 3.73. The van der Waals surface area contributed by atoms with Gasteiger partial charge in [-0.2, -0.15) is 0 Å². The minimum absolute atomic E-state index is 0.235. The van der Waals surface area contributed by atoms with Crippen LogP contribution in [0.5, 0.6) is 0 Å². The summed E-state index contributed by atoms with van der Waals surface area (Å²) in [4.78, 5) is 2.41. The molecule has 0 fully saturated rings. The number of hydrogen-bond acceptors (Lipinski definition) is 2. The van der Waals surface area contributed by atoms with Gasteiger partial charge in [-0.05, 0) is 80.0 Å². The molecule has 1 aliphatic carbocycles. The molecule has 1 atom stereocenters. The van der Waals surface area contributed by atoms with Crippen LogP contribution in [0.15, 0.2) is 18.2 Å². The molecule has 0 radical (unpaired) electrons. The first-order valence-electron chi connectivity index (χ1n) is 7.12. The normalized spacial score (nSPS) is 16.0. The van der Waals surface area contributed by atoms with E-state index in [4.69, 9.17) is 0 Å². The Morgan fingerprint density at radius 1 is 1.10 bits per heavy atom. The van der Waals surface area contributed by atoms with E-state index in [-0.39, 0.29) is 5.82 Å². The maximum atomic E-state index is 13.4. The molecule has 0 spiro atoms. The number of thiophene rings is 1. The van der Waals surface area contributed by atoms with E-state index in [1.54, 1.807) is 11.3 Å². The van der Waals surface area contributed by atoms with E-state index in [2.05, 4.69) is 6.07 Å². The van der Waals surface area contributed by atoms with E-state index in [9.17, 15) is 9.50 Å². The molecule has 0 amide bonds. The molecular weight excluding hydrogens is 271 g/mol. The maximum absolute atomic E-state index is 13.4. The second kappa shape index (κ2) is 5.30. The molecule has 1 aromatic heterocycles. The van der Waals surface area contributed by atoms with Gasteiger partial charge in [0.25, 0.3) is 0 Å². The Bertz CT molecular complexity index is 598. The number of aryl methyl sites for hydroxylation is 4. The monoisotopic (exact) mass is 290 g/mol. The predicted molar refractivity (Wildman–Crippen MR) is 80.9 cm³/mol. The van der Waals surface area contributed by atoms with Gasteiger partial charge in [-0.15, -0.1) is 11.3 Å². The summed E-state index contributed by atoms with van der Waals surface area (Å²) in [5.41, 5.74) is 3.89. The van der Waals surface area contributed by atoms with Crippen LogP contribution < -0.4 is 0 Å². The third-order valence-electron chi connectivity index (χ3n) is 4.12. The molecule has 0 saturated heterocycles. The standard InChI is InChI=1S/C17H19FOS/c1-10-7-13(18)8-11(2)16(10)17(19)15-9-12-5-3-4-6-14(12)20-15/h7-9,17,19H,3-6H2,1-2H3. The van der Waals surface area contributed by atoms with Gasteiger partial charge in [-0.25, -0.2) is 4.39 Å². The predicted octanol–water partition coefficient (Wildman–Crippen LogP) is 4.46. The third-order valence-corrected chi connectivity index (χ3v) is 5.41. The Balaban J connectivity index is 2.00. The molecule has 0 bridgehead atoms. The maximum Gasteiger partial charge on any atom is 0.123 e. The van der Waals surface area contributed by atoms with Crippen LogP contribution in [0, 0.1) is 19.7 Å². The highest BCUT2D eigenvalue weighted by molar-refractivity contribution is 7.12. The molecule has 20 heavy (non-hydrogen) atoms. The lowest BCUT2D eigenvalue weighted by Gasteiger charge is -2.15. The van der Waals surface area contributed by atoms with Gasteiger partial charge < -0.3 is 5.11 Å². The Kier molecular flexibility index (Phi) is 3.65. The fourth-order valence-corrected chi connectivity index (χ4v) is 4.40. The first-order chi connectivity index (χ1) is 9.56. The van der Waals surface area contributed by atoms with Crippen LogP contribution in [-0.4, -0.2) is 5.11 Å². The van der Waals surface area contributed by atoms with Crippen molar-refractivity contribution in [3.63, 3.8) is 0 Å². The summed E-state index contributed by atoms with van der Waals surface area (Å²) in [6.07, 6.45) is 4.12. The highest BCUT2D eigenvalue weighted by Crippen LogP contribution is 2.37. The number of rotatable bonds is 2. The van der Waals surface area contributed by atoms with Gasteiger partial charge in [0.05, 0.1) is 0 Å². The van der Waals surface area contributed by atoms with Crippen LogP contribution in [0.1, 0.15) is 51.0 Å². The van der Waals surface area contributed by atoms with Crippen LogP contribution in [0.25, 0.3) is 0 Å². The molecule has 1 nitrogen and oxygen atoms in total. The smallest absolute Gasteiger partial charge is 0.123 e. The zero-order chi connectivity index (χ0) is 14.3. The fourth-order valence-electron chi connectivity index (χ4n) is 3.14. The van der Waals surface area contributed by atoms with Crippen LogP contribution >= 0.6 is 11.3 Å². The minimum atomic E-state index is -0.633. The van der Waals surface area contributed by atoms with Crippen LogP contribution in [0.3, 0.4) is 0 Å². The van der Waals surface area contributed by atoms with Gasteiger partial charge in [-0.1, -0.05) is 0 Å². The molecule has 2 aromatic rings. The SMILES string of the molecule is Cc1cc(F)cc(C)c1C(O)c1cc2c(s1)CCCC2. The molecule has 3 heteroatoms. The van der Waals surface area contributed by atoms with E-state index >= 15 is 0 Å². The average Bonchev–Trinajstić information content (AvgIpc) is 2.81. The van der Waals surface area contributed by atoms with Gasteiger partial charge in [-0.3, -0.25) is 0 Å². The summed E-state index contributed by atoms with van der Waals surface area (Å²) in [5.74, 6) is -0.235. The number of aliphatic hydroxyl groups excluding tert-OH is 1. The number of benzene rings is 1. The number of hydrogen-bond donors (Lipinski definition) is 1. The van der Waals surface area contributed by atoms with Crippen molar-refractivity contribution in [1.29, 1.82) is 0 Å². The van der Waals surface area contributed by atoms with Crippen molar-refractivity contribution in [3.8, 4) is 0 Å². The summed E-state index contributed by atoms with van der Waals surface area (Å²) in [7, 11) is 0. The molecule has 3 rings (SSSR count). The van der Waals surface area contributed by atoms with Gasteiger partial charge in [0.2, 0.25) is 0 Å². The molecule has 106 valence electrons. The molecule has 1 aliphatic rings. The van der Waals surface area contributed by atoms with E-state index in [0.29, 0.717) is 0 Å². The molecular formula is C17H19FOS. The molecule has 0 aliphatic heterocycles. The van der Waals surface area contributed by atoms with Crippen molar-refractivity contribution in [3.05, 3.63) is 56.0 Å². The zero-order valence-corrected chi connectivity index (χ0v) is 12.7. The van der Waals surface area contributed by atoms with Crippen LogP contribution in [0.4, 0.5) is 4.39 Å². The number of fused-ring (bicyclic) bond motifs is 1. The van der Waals surface area contributed by atoms with Crippen molar-refractivity contribution >= 4 is 11.3 Å². The Hall–Kier alpha value is -1.19. The second-order valence-electron chi connectivity index (χ2n) is 5.66. The fraction of sp³-hybridized carbons (Fsp3) is 0.412. The summed E-state index contributed by atoms with van der Waals surface area (Å²) in [5, 5.41) is 10.7.